The fourth-order valence-corrected chi connectivity index (χ4v) is 3.39. The van der Waals surface area contributed by atoms with Gasteiger partial charge in [0.15, 0.2) is 0 Å². The summed E-state index contributed by atoms with van der Waals surface area (Å²) in [5.41, 5.74) is 0. The summed E-state index contributed by atoms with van der Waals surface area (Å²) in [5.74, 6) is 0. The van der Waals surface area contributed by atoms with E-state index in [1.165, 1.54) is 20.2 Å². The number of fused-ring (bicyclic) bond motifs is 2. The third-order valence-corrected chi connectivity index (χ3v) is 4.52. The Hall–Kier alpha value is -0.0426. The summed E-state index contributed by atoms with van der Waals surface area (Å²) >= 11 is 3.57. The molecule has 2 aromatic carbocycles. The third kappa shape index (κ3) is 4.48. The van der Waals surface area contributed by atoms with Crippen molar-refractivity contribution in [2.75, 3.05) is 0 Å². The summed E-state index contributed by atoms with van der Waals surface area (Å²) in [6.07, 6.45) is 0. The minimum atomic E-state index is 0. The molecular weight excluding hydrogens is 494 g/mol. The van der Waals surface area contributed by atoms with E-state index in [1.54, 1.807) is 22.7 Å². The van der Waals surface area contributed by atoms with Gasteiger partial charge in [0.05, 0.1) is 0 Å². The Bertz CT molecular complexity index is 632. The molecule has 96 valence electrons. The van der Waals surface area contributed by atoms with Crippen LogP contribution in [0.25, 0.3) is 20.2 Å². The molecular formula is C16H12S2Sn2. The van der Waals surface area contributed by atoms with Gasteiger partial charge >= 0.3 is 0 Å². The Kier molecular flexibility index (Phi) is 8.17. The second-order valence-electron chi connectivity index (χ2n) is 3.92. The first-order chi connectivity index (χ1) is 8.93. The SMILES string of the molecule is [Sn].[Sn].c1ccc2sccc2c1.c1ccc2sccc2c1. The van der Waals surface area contributed by atoms with E-state index >= 15 is 0 Å². The number of benzene rings is 2. The molecule has 0 spiro atoms. The van der Waals surface area contributed by atoms with Crippen LogP contribution in [0.4, 0.5) is 0 Å². The normalized spacial score (nSPS) is 9.20. The van der Waals surface area contributed by atoms with Crippen LogP contribution in [0.15, 0.2) is 71.4 Å². The Labute approximate surface area is 160 Å². The Balaban J connectivity index is 0.000000182. The Morgan fingerprint density at radius 3 is 1.30 bits per heavy atom. The minimum Gasteiger partial charge on any atom is -0.144 e. The van der Waals surface area contributed by atoms with Crippen molar-refractivity contribution in [2.45, 2.75) is 0 Å². The molecule has 0 atom stereocenters. The van der Waals surface area contributed by atoms with Crippen LogP contribution in [0.5, 0.6) is 0 Å². The van der Waals surface area contributed by atoms with Crippen LogP contribution in [0.3, 0.4) is 0 Å². The molecule has 0 saturated carbocycles. The molecule has 0 aliphatic rings. The van der Waals surface area contributed by atoms with Crippen molar-refractivity contribution in [3.63, 3.8) is 0 Å². The Morgan fingerprint density at radius 2 is 0.900 bits per heavy atom. The molecule has 20 heavy (non-hydrogen) atoms. The quantitative estimate of drug-likeness (QED) is 0.294. The molecule has 0 saturated heterocycles. The molecule has 8 radical (unpaired) electrons. The number of rotatable bonds is 0. The summed E-state index contributed by atoms with van der Waals surface area (Å²) in [4.78, 5) is 0. The van der Waals surface area contributed by atoms with E-state index in [0.717, 1.165) is 0 Å². The van der Waals surface area contributed by atoms with Crippen LogP contribution < -0.4 is 0 Å². The van der Waals surface area contributed by atoms with Gasteiger partial charge in [0.1, 0.15) is 0 Å². The molecule has 0 N–H and O–H groups in total. The van der Waals surface area contributed by atoms with Crippen molar-refractivity contribution in [1.29, 1.82) is 0 Å². The number of thiophene rings is 2. The van der Waals surface area contributed by atoms with E-state index in [2.05, 4.69) is 71.4 Å². The van der Waals surface area contributed by atoms with Crippen LogP contribution in [0, 0.1) is 0 Å². The van der Waals surface area contributed by atoms with Crippen molar-refractivity contribution in [2.24, 2.45) is 0 Å². The first-order valence-corrected chi connectivity index (χ1v) is 7.54. The van der Waals surface area contributed by atoms with Gasteiger partial charge < -0.3 is 0 Å². The van der Waals surface area contributed by atoms with Gasteiger partial charge in [-0.25, -0.2) is 0 Å². The summed E-state index contributed by atoms with van der Waals surface area (Å²) in [6, 6.07) is 21.1. The third-order valence-electron chi connectivity index (χ3n) is 2.72. The van der Waals surface area contributed by atoms with Crippen molar-refractivity contribution >= 4 is 90.7 Å². The monoisotopic (exact) mass is 508 g/mol. The van der Waals surface area contributed by atoms with Gasteiger partial charge in [0.25, 0.3) is 0 Å². The summed E-state index contributed by atoms with van der Waals surface area (Å²) in [7, 11) is 0. The van der Waals surface area contributed by atoms with Crippen LogP contribution in [-0.2, 0) is 0 Å². The van der Waals surface area contributed by atoms with Crippen LogP contribution >= 0.6 is 22.7 Å². The average molecular weight is 506 g/mol. The van der Waals surface area contributed by atoms with Gasteiger partial charge in [-0.3, -0.25) is 0 Å². The van der Waals surface area contributed by atoms with Crippen LogP contribution in [-0.4, -0.2) is 47.8 Å². The smallest absolute Gasteiger partial charge is 0.0342 e. The predicted octanol–water partition coefficient (Wildman–Crippen LogP) is 5.04. The molecule has 0 aliphatic carbocycles. The summed E-state index contributed by atoms with van der Waals surface area (Å²) in [6.45, 7) is 0. The minimum absolute atomic E-state index is 0. The average Bonchev–Trinajstić information content (AvgIpc) is 3.08. The van der Waals surface area contributed by atoms with Crippen molar-refractivity contribution in [1.82, 2.24) is 0 Å². The fourth-order valence-electron chi connectivity index (χ4n) is 1.81. The van der Waals surface area contributed by atoms with Gasteiger partial charge in [0, 0.05) is 57.2 Å². The van der Waals surface area contributed by atoms with Crippen molar-refractivity contribution in [3.8, 4) is 0 Å². The van der Waals surface area contributed by atoms with Crippen molar-refractivity contribution in [3.05, 3.63) is 71.4 Å². The molecule has 0 nitrogen and oxygen atoms in total. The van der Waals surface area contributed by atoms with Gasteiger partial charge in [0.2, 0.25) is 0 Å². The maximum absolute atomic E-state index is 2.14. The van der Waals surface area contributed by atoms with Gasteiger partial charge in [-0.05, 0) is 45.8 Å². The molecule has 4 aromatic rings. The number of hydrogen-bond donors (Lipinski definition) is 0. The molecule has 0 bridgehead atoms. The van der Waals surface area contributed by atoms with Gasteiger partial charge in [-0.2, -0.15) is 0 Å². The largest absolute Gasteiger partial charge is 0.144 e. The van der Waals surface area contributed by atoms with E-state index in [-0.39, 0.29) is 47.8 Å². The Morgan fingerprint density at radius 1 is 0.500 bits per heavy atom. The molecule has 0 amide bonds. The molecule has 2 aromatic heterocycles. The summed E-state index contributed by atoms with van der Waals surface area (Å²) < 4.78 is 2.75. The van der Waals surface area contributed by atoms with E-state index in [9.17, 15) is 0 Å². The zero-order valence-corrected chi connectivity index (χ0v) is 18.1. The van der Waals surface area contributed by atoms with E-state index < -0.39 is 0 Å². The number of hydrogen-bond acceptors (Lipinski definition) is 2. The van der Waals surface area contributed by atoms with Gasteiger partial charge in [-0.1, -0.05) is 36.4 Å². The summed E-state index contributed by atoms with van der Waals surface area (Å²) in [5, 5.41) is 6.93. The molecule has 0 aliphatic heterocycles. The first kappa shape index (κ1) is 18.0. The second-order valence-corrected chi connectivity index (χ2v) is 5.81. The molecule has 2 heterocycles. The zero-order chi connectivity index (χ0) is 12.2. The standard InChI is InChI=1S/2C8H6S.2Sn/c2*1-2-4-8-7(3-1)5-6-9-8;;/h2*1-6H;;. The molecule has 4 heteroatoms. The predicted molar refractivity (Wildman–Crippen MR) is 95.2 cm³/mol. The van der Waals surface area contributed by atoms with Crippen LogP contribution in [0.1, 0.15) is 0 Å². The maximum Gasteiger partial charge on any atom is 0.0342 e. The van der Waals surface area contributed by atoms with Gasteiger partial charge in [-0.15, -0.1) is 22.7 Å². The zero-order valence-electron chi connectivity index (χ0n) is 10.7. The topological polar surface area (TPSA) is 0 Å². The molecule has 0 fully saturated rings. The van der Waals surface area contributed by atoms with E-state index in [4.69, 9.17) is 0 Å². The fraction of sp³-hybridized carbons (Fsp3) is 0. The molecule has 0 unspecified atom stereocenters. The first-order valence-electron chi connectivity index (χ1n) is 5.78. The van der Waals surface area contributed by atoms with E-state index in [1.807, 2.05) is 0 Å². The molecule has 4 rings (SSSR count). The maximum atomic E-state index is 2.14. The van der Waals surface area contributed by atoms with E-state index in [0.29, 0.717) is 0 Å². The van der Waals surface area contributed by atoms with Crippen molar-refractivity contribution < 1.29 is 0 Å². The van der Waals surface area contributed by atoms with Crippen LogP contribution in [0.2, 0.25) is 0 Å². The second kappa shape index (κ2) is 9.07.